The van der Waals surface area contributed by atoms with Crippen LogP contribution in [0.5, 0.6) is 5.75 Å². The van der Waals surface area contributed by atoms with Crippen molar-refractivity contribution in [3.8, 4) is 11.8 Å². The summed E-state index contributed by atoms with van der Waals surface area (Å²) in [6.07, 6.45) is 3.34. The summed E-state index contributed by atoms with van der Waals surface area (Å²) in [6.45, 7) is 3.37. The molecule has 0 aliphatic carbocycles. The van der Waals surface area contributed by atoms with E-state index in [1.165, 1.54) is 5.70 Å². The molecule has 0 amide bonds. The third-order valence-electron chi connectivity index (χ3n) is 5.57. The Morgan fingerprint density at radius 2 is 2.28 bits per heavy atom. The normalized spacial score (nSPS) is 27.4. The number of piperidine rings is 1. The number of benzene rings is 1. The number of nitrogens with zero attached hydrogens (tertiary/aromatic N) is 2. The number of nitriles is 1. The Labute approximate surface area is 147 Å². The molecule has 0 unspecified atom stereocenters. The van der Waals surface area contributed by atoms with Gasteiger partial charge in [-0.15, -0.1) is 0 Å². The Kier molecular flexibility index (Phi) is 3.91. The highest BCUT2D eigenvalue weighted by Crippen LogP contribution is 2.50. The van der Waals surface area contributed by atoms with Gasteiger partial charge in [-0.1, -0.05) is 12.1 Å². The fourth-order valence-corrected chi connectivity index (χ4v) is 4.50. The zero-order chi connectivity index (χ0) is 17.4. The highest BCUT2D eigenvalue weighted by molar-refractivity contribution is 5.85. The second kappa shape index (κ2) is 6.11. The van der Waals surface area contributed by atoms with Crippen LogP contribution in [0.4, 0.5) is 0 Å². The number of fused-ring (bicyclic) bond motifs is 4. The minimum atomic E-state index is -1.13. The molecule has 4 rings (SSSR count). The highest BCUT2D eigenvalue weighted by Gasteiger charge is 2.55. The van der Waals surface area contributed by atoms with Crippen molar-refractivity contribution in [1.82, 2.24) is 4.90 Å². The van der Waals surface area contributed by atoms with E-state index in [4.69, 9.17) is 9.47 Å². The van der Waals surface area contributed by atoms with Gasteiger partial charge in [0, 0.05) is 18.5 Å². The van der Waals surface area contributed by atoms with Crippen LogP contribution in [0.3, 0.4) is 0 Å². The third kappa shape index (κ3) is 2.31. The fourth-order valence-electron chi connectivity index (χ4n) is 4.50. The van der Waals surface area contributed by atoms with E-state index in [0.717, 1.165) is 42.7 Å². The molecule has 0 aromatic heterocycles. The van der Waals surface area contributed by atoms with E-state index in [0.29, 0.717) is 19.6 Å². The van der Waals surface area contributed by atoms with Crippen LogP contribution in [0.2, 0.25) is 0 Å². The first-order chi connectivity index (χ1) is 12.2. The van der Waals surface area contributed by atoms with Gasteiger partial charge in [-0.2, -0.15) is 5.26 Å². The molecule has 0 radical (unpaired) electrons. The van der Waals surface area contributed by atoms with Gasteiger partial charge in [0.15, 0.2) is 5.41 Å². The average Bonchev–Trinajstić information content (AvgIpc) is 2.67. The minimum Gasteiger partial charge on any atom is -0.488 e. The number of rotatable bonds is 2. The molecule has 3 aliphatic heterocycles. The Balaban J connectivity index is 1.86. The maximum atomic E-state index is 12.8. The van der Waals surface area contributed by atoms with E-state index in [-0.39, 0.29) is 12.0 Å². The molecule has 0 saturated carbocycles. The standard InChI is InChI=1S/C20H22N2O3/c1-2-24-19(23)20(13-21)11-14-12-25-16-8-4-3-7-15(16)18(14)22-10-6-5-9-17(20)22/h3-4,7-8,17H,2,5-6,9-12H2,1H3/t17-,20-/m0/s1. The summed E-state index contributed by atoms with van der Waals surface area (Å²) in [6, 6.07) is 10.3. The monoisotopic (exact) mass is 338 g/mol. The van der Waals surface area contributed by atoms with Crippen molar-refractivity contribution >= 4 is 11.7 Å². The van der Waals surface area contributed by atoms with Crippen molar-refractivity contribution < 1.29 is 14.3 Å². The van der Waals surface area contributed by atoms with Gasteiger partial charge in [0.05, 0.1) is 24.4 Å². The molecule has 3 heterocycles. The van der Waals surface area contributed by atoms with E-state index in [1.807, 2.05) is 18.2 Å². The Morgan fingerprint density at radius 3 is 3.08 bits per heavy atom. The summed E-state index contributed by atoms with van der Waals surface area (Å²) < 4.78 is 11.2. The smallest absolute Gasteiger partial charge is 0.328 e. The molecule has 0 spiro atoms. The zero-order valence-electron chi connectivity index (χ0n) is 14.5. The first kappa shape index (κ1) is 16.0. The predicted octanol–water partition coefficient (Wildman–Crippen LogP) is 3.12. The van der Waals surface area contributed by atoms with E-state index < -0.39 is 5.41 Å². The molecule has 0 bridgehead atoms. The summed E-state index contributed by atoms with van der Waals surface area (Å²) in [4.78, 5) is 15.1. The molecule has 1 fully saturated rings. The molecule has 1 aromatic rings. The molecule has 3 aliphatic rings. The molecular formula is C20H22N2O3. The summed E-state index contributed by atoms with van der Waals surface area (Å²) in [5.74, 6) is 0.492. The molecule has 2 atom stereocenters. The van der Waals surface area contributed by atoms with Crippen molar-refractivity contribution in [2.45, 2.75) is 38.6 Å². The van der Waals surface area contributed by atoms with Crippen molar-refractivity contribution in [3.63, 3.8) is 0 Å². The van der Waals surface area contributed by atoms with Crippen LogP contribution < -0.4 is 4.74 Å². The van der Waals surface area contributed by atoms with Gasteiger partial charge in [0.1, 0.15) is 12.4 Å². The van der Waals surface area contributed by atoms with E-state index >= 15 is 0 Å². The van der Waals surface area contributed by atoms with Gasteiger partial charge in [0.25, 0.3) is 0 Å². The van der Waals surface area contributed by atoms with Gasteiger partial charge in [0.2, 0.25) is 0 Å². The summed E-state index contributed by atoms with van der Waals surface area (Å²) in [5.41, 5.74) is 2.14. The second-order valence-corrected chi connectivity index (χ2v) is 6.92. The zero-order valence-corrected chi connectivity index (χ0v) is 14.5. The molecular weight excluding hydrogens is 316 g/mol. The maximum Gasteiger partial charge on any atom is 0.328 e. The summed E-state index contributed by atoms with van der Waals surface area (Å²) in [5, 5.41) is 10.0. The Bertz CT molecular complexity index is 779. The van der Waals surface area contributed by atoms with Crippen LogP contribution in [0.25, 0.3) is 5.70 Å². The van der Waals surface area contributed by atoms with Crippen molar-refractivity contribution in [2.24, 2.45) is 5.41 Å². The fraction of sp³-hybridized carbons (Fsp3) is 0.500. The van der Waals surface area contributed by atoms with E-state index in [2.05, 4.69) is 17.0 Å². The molecule has 1 aromatic carbocycles. The second-order valence-electron chi connectivity index (χ2n) is 6.92. The summed E-state index contributed by atoms with van der Waals surface area (Å²) >= 11 is 0. The van der Waals surface area contributed by atoms with Gasteiger partial charge in [-0.25, -0.2) is 0 Å². The van der Waals surface area contributed by atoms with Crippen molar-refractivity contribution in [3.05, 3.63) is 35.4 Å². The lowest BCUT2D eigenvalue weighted by molar-refractivity contribution is -0.156. The maximum absolute atomic E-state index is 12.8. The number of esters is 1. The minimum absolute atomic E-state index is 0.129. The Hall–Kier alpha value is -2.48. The largest absolute Gasteiger partial charge is 0.488 e. The van der Waals surface area contributed by atoms with E-state index in [1.54, 1.807) is 6.92 Å². The lowest BCUT2D eigenvalue weighted by Gasteiger charge is -2.51. The summed E-state index contributed by atoms with van der Waals surface area (Å²) in [7, 11) is 0. The molecule has 5 heteroatoms. The number of hydrogen-bond donors (Lipinski definition) is 0. The van der Waals surface area contributed by atoms with Crippen LogP contribution >= 0.6 is 0 Å². The number of para-hydroxylation sites is 1. The molecule has 130 valence electrons. The quantitative estimate of drug-likeness (QED) is 0.775. The van der Waals surface area contributed by atoms with Crippen molar-refractivity contribution in [2.75, 3.05) is 19.8 Å². The average molecular weight is 338 g/mol. The lowest BCUT2D eigenvalue weighted by atomic mass is 9.68. The van der Waals surface area contributed by atoms with Crippen molar-refractivity contribution in [1.29, 1.82) is 5.26 Å². The highest BCUT2D eigenvalue weighted by atomic mass is 16.5. The van der Waals surface area contributed by atoms with E-state index in [9.17, 15) is 10.1 Å². The van der Waals surface area contributed by atoms with Crippen LogP contribution in [0, 0.1) is 16.7 Å². The molecule has 25 heavy (non-hydrogen) atoms. The van der Waals surface area contributed by atoms with Gasteiger partial charge in [-0.3, -0.25) is 4.79 Å². The first-order valence-corrected chi connectivity index (χ1v) is 9.00. The number of hydrogen-bond acceptors (Lipinski definition) is 5. The van der Waals surface area contributed by atoms with Crippen LogP contribution in [-0.4, -0.2) is 36.7 Å². The van der Waals surface area contributed by atoms with Crippen LogP contribution in [0.15, 0.2) is 29.8 Å². The molecule has 1 saturated heterocycles. The van der Waals surface area contributed by atoms with Crippen LogP contribution in [-0.2, 0) is 9.53 Å². The van der Waals surface area contributed by atoms with Gasteiger partial charge in [-0.05, 0) is 43.9 Å². The number of carbonyl (C=O) groups is 1. The SMILES string of the molecule is CCOC(=O)[C@]1(C#N)CC2=C(c3ccccc3OC2)N2CCCC[C@H]21. The predicted molar refractivity (Wildman–Crippen MR) is 92.5 cm³/mol. The van der Waals surface area contributed by atoms with Crippen LogP contribution in [0.1, 0.15) is 38.2 Å². The van der Waals surface area contributed by atoms with Gasteiger partial charge >= 0.3 is 5.97 Å². The lowest BCUT2D eigenvalue weighted by Crippen LogP contribution is -2.57. The Morgan fingerprint density at radius 1 is 1.44 bits per heavy atom. The third-order valence-corrected chi connectivity index (χ3v) is 5.57. The molecule has 5 nitrogen and oxygen atoms in total. The number of carbonyl (C=O) groups excluding carboxylic acids is 1. The number of ether oxygens (including phenoxy) is 2. The van der Waals surface area contributed by atoms with Gasteiger partial charge < -0.3 is 14.4 Å². The molecule has 0 N–H and O–H groups in total. The first-order valence-electron chi connectivity index (χ1n) is 9.00. The topological polar surface area (TPSA) is 62.6 Å².